The van der Waals surface area contributed by atoms with E-state index in [4.69, 9.17) is 15.6 Å². The quantitative estimate of drug-likeness (QED) is 0.557. The molecule has 0 unspecified atom stereocenters. The highest BCUT2D eigenvalue weighted by atomic mass is 32.2. The number of nitrogen functional groups attached to an aromatic ring is 1. The van der Waals surface area contributed by atoms with Crippen LogP contribution in [0.5, 0.6) is 0 Å². The molecule has 0 spiro atoms. The fraction of sp³-hybridized carbons (Fsp3) is 0.643. The fourth-order valence-electron chi connectivity index (χ4n) is 3.07. The zero-order chi connectivity index (χ0) is 20.1. The average Bonchev–Trinajstić information content (AvgIpc) is 3.08. The van der Waals surface area contributed by atoms with Crippen molar-refractivity contribution < 1.29 is 26.8 Å². The van der Waals surface area contributed by atoms with E-state index < -0.39 is 41.5 Å². The van der Waals surface area contributed by atoms with Crippen LogP contribution in [0.3, 0.4) is 0 Å². The molecule has 0 amide bonds. The van der Waals surface area contributed by atoms with Crippen molar-refractivity contribution in [2.45, 2.75) is 54.1 Å². The van der Waals surface area contributed by atoms with Crippen LogP contribution in [0.2, 0.25) is 0 Å². The summed E-state index contributed by atoms with van der Waals surface area (Å²) in [5, 5.41) is 20.7. The molecule has 4 rings (SSSR count). The molecule has 5 N–H and O–H groups in total. The first kappa shape index (κ1) is 19.7. The van der Waals surface area contributed by atoms with Crippen LogP contribution in [-0.4, -0.2) is 63.5 Å². The minimum absolute atomic E-state index is 0.209. The maximum Gasteiger partial charge on any atom is 0.333 e. The maximum atomic E-state index is 14.8. The predicted molar refractivity (Wildman–Crippen MR) is 97.1 cm³/mol. The van der Waals surface area contributed by atoms with Gasteiger partial charge in [0.25, 0.3) is 0 Å². The molecule has 154 valence electrons. The van der Waals surface area contributed by atoms with Crippen LogP contribution in [0.4, 0.5) is 10.2 Å². The third-order valence-corrected chi connectivity index (χ3v) is 6.53. The Kier molecular flexibility index (Phi) is 5.18. The van der Waals surface area contributed by atoms with Gasteiger partial charge in [0.1, 0.15) is 29.4 Å². The summed E-state index contributed by atoms with van der Waals surface area (Å²) < 4.78 is 47.8. The number of nitrogens with zero attached hydrogens (tertiary/aromatic N) is 4. The summed E-state index contributed by atoms with van der Waals surface area (Å²) in [6, 6.07) is 0. The van der Waals surface area contributed by atoms with Gasteiger partial charge in [-0.15, -0.1) is 11.8 Å². The molecule has 0 bridgehead atoms. The Morgan fingerprint density at radius 3 is 2.82 bits per heavy atom. The van der Waals surface area contributed by atoms with E-state index in [1.54, 1.807) is 0 Å². The lowest BCUT2D eigenvalue weighted by atomic mass is 10.0. The standard InChI is InChI=1S/C14H19FN6O5S2/c15-9-10(22)7(4-25-28(17,23)24)26-14(9)21-12-8(11(16)18-5-19-12)13(20-21)27-6-2-1-3-6/h5-7,9-10,14,22H,1-4H2,(H2,16,18,19)(H2,17,23,24)/t7-,9+,10-,14-/m1/s1. The number of thioether (sulfide) groups is 1. The van der Waals surface area contributed by atoms with Crippen LogP contribution in [0.25, 0.3) is 11.0 Å². The fourth-order valence-corrected chi connectivity index (χ4v) is 4.73. The summed E-state index contributed by atoms with van der Waals surface area (Å²) in [7, 11) is -4.26. The number of aliphatic hydroxyl groups excluding tert-OH is 1. The minimum Gasteiger partial charge on any atom is -0.387 e. The van der Waals surface area contributed by atoms with Gasteiger partial charge in [-0.2, -0.15) is 13.5 Å². The van der Waals surface area contributed by atoms with Crippen molar-refractivity contribution in [1.29, 1.82) is 0 Å². The Hall–Kier alpha value is -1.58. The molecule has 14 heteroatoms. The molecular weight excluding hydrogens is 415 g/mol. The van der Waals surface area contributed by atoms with Crippen molar-refractivity contribution in [2.75, 3.05) is 12.3 Å². The Balaban J connectivity index is 1.65. The first-order chi connectivity index (χ1) is 13.2. The number of anilines is 1. The second kappa shape index (κ2) is 7.35. The SMILES string of the molecule is Nc1ncnc2c1c(SC1CCC1)nn2[C@@H]1O[C@H](COS(N)(=O)=O)[C@@H](O)[C@@H]1F. The first-order valence-electron chi connectivity index (χ1n) is 8.54. The number of fused-ring (bicyclic) bond motifs is 1. The molecule has 1 saturated heterocycles. The van der Waals surface area contributed by atoms with Crippen molar-refractivity contribution in [3.63, 3.8) is 0 Å². The molecule has 0 radical (unpaired) electrons. The molecule has 2 fully saturated rings. The Labute approximate surface area is 163 Å². The molecule has 4 atom stereocenters. The van der Waals surface area contributed by atoms with Gasteiger partial charge < -0.3 is 15.6 Å². The van der Waals surface area contributed by atoms with E-state index >= 15 is 0 Å². The highest BCUT2D eigenvalue weighted by molar-refractivity contribution is 8.00. The van der Waals surface area contributed by atoms with Gasteiger partial charge in [0.2, 0.25) is 0 Å². The van der Waals surface area contributed by atoms with Crippen LogP contribution >= 0.6 is 11.8 Å². The monoisotopic (exact) mass is 434 g/mol. The van der Waals surface area contributed by atoms with E-state index in [0.717, 1.165) is 19.3 Å². The van der Waals surface area contributed by atoms with Gasteiger partial charge >= 0.3 is 10.3 Å². The molecule has 3 heterocycles. The summed E-state index contributed by atoms with van der Waals surface area (Å²) in [5.74, 6) is 0.209. The molecule has 2 aromatic heterocycles. The molecule has 1 aliphatic carbocycles. The van der Waals surface area contributed by atoms with Gasteiger partial charge in [0.15, 0.2) is 18.0 Å². The van der Waals surface area contributed by atoms with Gasteiger partial charge in [0.05, 0.1) is 12.0 Å². The van der Waals surface area contributed by atoms with E-state index in [1.165, 1.54) is 22.8 Å². The van der Waals surface area contributed by atoms with Gasteiger partial charge in [0, 0.05) is 5.25 Å². The summed E-state index contributed by atoms with van der Waals surface area (Å²) in [6.07, 6.45) is -1.65. The topological polar surface area (TPSA) is 168 Å². The molecule has 1 saturated carbocycles. The lowest BCUT2D eigenvalue weighted by Crippen LogP contribution is -2.33. The van der Waals surface area contributed by atoms with E-state index in [1.807, 2.05) is 0 Å². The average molecular weight is 434 g/mol. The maximum absolute atomic E-state index is 14.8. The number of rotatable bonds is 6. The molecule has 0 aromatic carbocycles. The number of alkyl halides is 1. The van der Waals surface area contributed by atoms with Crippen molar-refractivity contribution in [3.05, 3.63) is 6.33 Å². The summed E-state index contributed by atoms with van der Waals surface area (Å²) in [5.41, 5.74) is 6.25. The highest BCUT2D eigenvalue weighted by Gasteiger charge is 2.47. The van der Waals surface area contributed by atoms with E-state index in [0.29, 0.717) is 15.7 Å². The first-order valence-corrected chi connectivity index (χ1v) is 10.9. The third-order valence-electron chi connectivity index (χ3n) is 4.75. The molecule has 11 nitrogen and oxygen atoms in total. The number of aromatic nitrogens is 4. The van der Waals surface area contributed by atoms with Crippen molar-refractivity contribution in [3.8, 4) is 0 Å². The Bertz CT molecular complexity index is 984. The Morgan fingerprint density at radius 2 is 2.18 bits per heavy atom. The van der Waals surface area contributed by atoms with Crippen molar-refractivity contribution in [2.24, 2.45) is 5.14 Å². The van der Waals surface area contributed by atoms with Crippen LogP contribution in [0.15, 0.2) is 11.4 Å². The summed E-state index contributed by atoms with van der Waals surface area (Å²) >= 11 is 1.52. The molecule has 28 heavy (non-hydrogen) atoms. The zero-order valence-electron chi connectivity index (χ0n) is 14.5. The van der Waals surface area contributed by atoms with Crippen LogP contribution in [0, 0.1) is 0 Å². The number of halogens is 1. The van der Waals surface area contributed by atoms with Crippen LogP contribution < -0.4 is 10.9 Å². The second-order valence-electron chi connectivity index (χ2n) is 6.66. The molecule has 1 aliphatic heterocycles. The summed E-state index contributed by atoms with van der Waals surface area (Å²) in [4.78, 5) is 8.13. The van der Waals surface area contributed by atoms with Gasteiger partial charge in [-0.05, 0) is 12.8 Å². The molecule has 2 aromatic rings. The van der Waals surface area contributed by atoms with Gasteiger partial charge in [-0.1, -0.05) is 6.42 Å². The minimum atomic E-state index is -4.26. The number of aliphatic hydroxyl groups is 1. The molecule has 2 aliphatic rings. The highest BCUT2D eigenvalue weighted by Crippen LogP contribution is 2.42. The van der Waals surface area contributed by atoms with Crippen LogP contribution in [0.1, 0.15) is 25.5 Å². The smallest absolute Gasteiger partial charge is 0.333 e. The summed E-state index contributed by atoms with van der Waals surface area (Å²) in [6.45, 7) is -0.628. The number of nitrogens with two attached hydrogens (primary N) is 2. The normalized spacial score (nSPS) is 28.7. The van der Waals surface area contributed by atoms with Crippen LogP contribution in [-0.2, 0) is 19.2 Å². The number of hydrogen-bond acceptors (Lipinski definition) is 10. The lowest BCUT2D eigenvalue weighted by molar-refractivity contribution is -0.0456. The van der Waals surface area contributed by atoms with Gasteiger partial charge in [-0.25, -0.2) is 24.2 Å². The van der Waals surface area contributed by atoms with E-state index in [9.17, 15) is 17.9 Å². The number of hydrogen-bond donors (Lipinski definition) is 3. The lowest BCUT2D eigenvalue weighted by Gasteiger charge is -2.23. The van der Waals surface area contributed by atoms with Crippen molar-refractivity contribution >= 4 is 38.9 Å². The zero-order valence-corrected chi connectivity index (χ0v) is 16.1. The molecular formula is C14H19FN6O5S2. The number of ether oxygens (including phenoxy) is 1. The predicted octanol–water partition coefficient (Wildman–Crippen LogP) is -0.130. The second-order valence-corrected chi connectivity index (χ2v) is 9.17. The van der Waals surface area contributed by atoms with E-state index in [2.05, 4.69) is 19.2 Å². The van der Waals surface area contributed by atoms with Gasteiger partial charge in [-0.3, -0.25) is 4.18 Å². The Morgan fingerprint density at radius 1 is 1.43 bits per heavy atom. The van der Waals surface area contributed by atoms with Crippen molar-refractivity contribution in [1.82, 2.24) is 19.7 Å². The van der Waals surface area contributed by atoms with E-state index in [-0.39, 0.29) is 11.5 Å². The largest absolute Gasteiger partial charge is 0.387 e. The third kappa shape index (κ3) is 3.67.